The second-order valence-corrected chi connectivity index (χ2v) is 7.54. The highest BCUT2D eigenvalue weighted by Gasteiger charge is 2.20. The summed E-state index contributed by atoms with van der Waals surface area (Å²) in [7, 11) is -3.87. The SMILES string of the molecule is CC1COC(=S)Nc2ccc(NS(=O)(=O)c3cccc(F)c3)cc21. The zero-order valence-electron chi connectivity index (χ0n) is 12.7. The molecule has 126 valence electrons. The average Bonchev–Trinajstić information content (AvgIpc) is 2.67. The first kappa shape index (κ1) is 16.7. The van der Waals surface area contributed by atoms with Gasteiger partial charge < -0.3 is 10.1 Å². The minimum atomic E-state index is -3.87. The molecule has 3 rings (SSSR count). The Morgan fingerprint density at radius 1 is 1.29 bits per heavy atom. The van der Waals surface area contributed by atoms with Crippen LogP contribution in [0.2, 0.25) is 0 Å². The Kier molecular flexibility index (Phi) is 4.42. The molecule has 24 heavy (non-hydrogen) atoms. The van der Waals surface area contributed by atoms with Crippen LogP contribution in [0.3, 0.4) is 0 Å². The van der Waals surface area contributed by atoms with Gasteiger partial charge in [-0.2, -0.15) is 0 Å². The Balaban J connectivity index is 1.92. The van der Waals surface area contributed by atoms with Crippen LogP contribution in [0.1, 0.15) is 18.4 Å². The van der Waals surface area contributed by atoms with Gasteiger partial charge in [-0.05, 0) is 54.2 Å². The first-order valence-corrected chi connectivity index (χ1v) is 9.10. The molecule has 0 radical (unpaired) electrons. The van der Waals surface area contributed by atoms with Gasteiger partial charge in [0.15, 0.2) is 0 Å². The maximum Gasteiger partial charge on any atom is 0.261 e. The van der Waals surface area contributed by atoms with Gasteiger partial charge in [-0.3, -0.25) is 4.72 Å². The minimum absolute atomic E-state index is 0.0339. The van der Waals surface area contributed by atoms with Gasteiger partial charge in [0.25, 0.3) is 15.2 Å². The lowest BCUT2D eigenvalue weighted by Crippen LogP contribution is -2.14. The van der Waals surface area contributed by atoms with Crippen LogP contribution < -0.4 is 10.0 Å². The number of nitrogens with one attached hydrogen (secondary N) is 2. The van der Waals surface area contributed by atoms with Gasteiger partial charge >= 0.3 is 0 Å². The lowest BCUT2D eigenvalue weighted by atomic mass is 10.00. The van der Waals surface area contributed by atoms with Crippen LogP contribution in [0.5, 0.6) is 0 Å². The summed E-state index contributed by atoms with van der Waals surface area (Å²) in [6.07, 6.45) is 0. The van der Waals surface area contributed by atoms with Gasteiger partial charge in [0, 0.05) is 17.3 Å². The molecule has 1 aliphatic rings. The maximum atomic E-state index is 13.3. The van der Waals surface area contributed by atoms with Gasteiger partial charge in [-0.15, -0.1) is 0 Å². The smallest absolute Gasteiger partial charge is 0.261 e. The van der Waals surface area contributed by atoms with Crippen LogP contribution in [0.15, 0.2) is 47.4 Å². The zero-order chi connectivity index (χ0) is 17.3. The lowest BCUT2D eigenvalue weighted by molar-refractivity contribution is 0.294. The van der Waals surface area contributed by atoms with Crippen molar-refractivity contribution in [3.8, 4) is 0 Å². The van der Waals surface area contributed by atoms with Gasteiger partial charge in [-0.1, -0.05) is 13.0 Å². The third-order valence-electron chi connectivity index (χ3n) is 3.64. The van der Waals surface area contributed by atoms with E-state index in [0.29, 0.717) is 12.3 Å². The molecule has 2 N–H and O–H groups in total. The van der Waals surface area contributed by atoms with Crippen molar-refractivity contribution < 1.29 is 17.5 Å². The van der Waals surface area contributed by atoms with Gasteiger partial charge in [0.05, 0.1) is 11.5 Å². The van der Waals surface area contributed by atoms with Gasteiger partial charge in [0.2, 0.25) is 0 Å². The van der Waals surface area contributed by atoms with Crippen LogP contribution in [-0.4, -0.2) is 20.2 Å². The first-order valence-electron chi connectivity index (χ1n) is 7.21. The van der Waals surface area contributed by atoms with E-state index in [4.69, 9.17) is 17.0 Å². The molecule has 5 nitrogen and oxygen atoms in total. The number of benzene rings is 2. The molecule has 0 saturated carbocycles. The predicted octanol–water partition coefficient (Wildman–Crippen LogP) is 3.46. The van der Waals surface area contributed by atoms with Gasteiger partial charge in [0.1, 0.15) is 5.82 Å². The number of anilines is 2. The summed E-state index contributed by atoms with van der Waals surface area (Å²) >= 11 is 5.04. The fraction of sp³-hybridized carbons (Fsp3) is 0.188. The van der Waals surface area contributed by atoms with Crippen molar-refractivity contribution in [2.75, 3.05) is 16.6 Å². The molecule has 0 aliphatic carbocycles. The average molecular weight is 366 g/mol. The molecule has 0 aromatic heterocycles. The molecule has 0 saturated heterocycles. The third kappa shape index (κ3) is 3.49. The third-order valence-corrected chi connectivity index (χ3v) is 5.24. The normalized spacial score (nSPS) is 17.2. The number of ether oxygens (including phenoxy) is 1. The highest BCUT2D eigenvalue weighted by atomic mass is 32.2. The number of fused-ring (bicyclic) bond motifs is 1. The molecule has 2 aromatic rings. The number of thiocarbonyl (C=S) groups is 1. The number of halogens is 1. The Bertz CT molecular complexity index is 900. The van der Waals surface area contributed by atoms with Crippen LogP contribution >= 0.6 is 12.2 Å². The molecule has 0 amide bonds. The highest BCUT2D eigenvalue weighted by molar-refractivity contribution is 7.92. The van der Waals surface area contributed by atoms with Gasteiger partial charge in [-0.25, -0.2) is 12.8 Å². The van der Waals surface area contributed by atoms with E-state index in [2.05, 4.69) is 10.0 Å². The first-order chi connectivity index (χ1) is 11.3. The topological polar surface area (TPSA) is 67.4 Å². The molecule has 0 bridgehead atoms. The number of hydrogen-bond donors (Lipinski definition) is 2. The summed E-state index contributed by atoms with van der Waals surface area (Å²) < 4.78 is 45.9. The largest absolute Gasteiger partial charge is 0.470 e. The quantitative estimate of drug-likeness (QED) is 0.815. The Morgan fingerprint density at radius 2 is 2.08 bits per heavy atom. The van der Waals surface area contributed by atoms with Crippen molar-refractivity contribution in [3.05, 3.63) is 53.8 Å². The predicted molar refractivity (Wildman–Crippen MR) is 94.2 cm³/mol. The molecular formula is C16H15FN2O3S2. The molecular weight excluding hydrogens is 351 g/mol. The summed E-state index contributed by atoms with van der Waals surface area (Å²) in [6, 6.07) is 9.93. The maximum absolute atomic E-state index is 13.3. The Morgan fingerprint density at radius 3 is 2.83 bits per heavy atom. The fourth-order valence-corrected chi connectivity index (χ4v) is 3.69. The van der Waals surface area contributed by atoms with Crippen molar-refractivity contribution in [3.63, 3.8) is 0 Å². The van der Waals surface area contributed by atoms with E-state index >= 15 is 0 Å². The zero-order valence-corrected chi connectivity index (χ0v) is 14.4. The molecule has 8 heteroatoms. The molecule has 0 spiro atoms. The summed E-state index contributed by atoms with van der Waals surface area (Å²) in [6.45, 7) is 2.36. The van der Waals surface area contributed by atoms with Crippen molar-refractivity contribution in [2.45, 2.75) is 17.7 Å². The number of rotatable bonds is 3. The Hall–Kier alpha value is -2.19. The summed E-state index contributed by atoms with van der Waals surface area (Å²) in [4.78, 5) is -0.131. The monoisotopic (exact) mass is 366 g/mol. The van der Waals surface area contributed by atoms with E-state index in [1.165, 1.54) is 18.2 Å². The molecule has 1 aliphatic heterocycles. The summed E-state index contributed by atoms with van der Waals surface area (Å²) in [5.41, 5.74) is 2.05. The standard InChI is InChI=1S/C16H15FN2O3S2/c1-10-9-22-16(23)18-15-6-5-12(8-14(10)15)19-24(20,21)13-4-2-3-11(17)7-13/h2-8,10,19H,9H2,1H3,(H,18,23). The number of hydrogen-bond acceptors (Lipinski definition) is 4. The van der Waals surface area contributed by atoms with E-state index < -0.39 is 15.8 Å². The van der Waals surface area contributed by atoms with Crippen molar-refractivity contribution in [1.82, 2.24) is 0 Å². The summed E-state index contributed by atoms with van der Waals surface area (Å²) in [5, 5.41) is 3.25. The van der Waals surface area contributed by atoms with E-state index in [1.54, 1.807) is 18.2 Å². The molecule has 2 aromatic carbocycles. The summed E-state index contributed by atoms with van der Waals surface area (Å²) in [5.74, 6) is -0.574. The van der Waals surface area contributed by atoms with Crippen LogP contribution in [0, 0.1) is 5.82 Å². The minimum Gasteiger partial charge on any atom is -0.470 e. The molecule has 1 unspecified atom stereocenters. The van der Waals surface area contributed by atoms with E-state index in [0.717, 1.165) is 17.3 Å². The molecule has 0 fully saturated rings. The molecule has 1 heterocycles. The fourth-order valence-electron chi connectivity index (χ4n) is 2.43. The number of sulfonamides is 1. The van der Waals surface area contributed by atoms with Crippen LogP contribution in [-0.2, 0) is 14.8 Å². The van der Waals surface area contributed by atoms with E-state index in [1.807, 2.05) is 6.92 Å². The van der Waals surface area contributed by atoms with Crippen LogP contribution in [0.4, 0.5) is 15.8 Å². The van der Waals surface area contributed by atoms with Crippen molar-refractivity contribution in [2.24, 2.45) is 0 Å². The van der Waals surface area contributed by atoms with E-state index in [9.17, 15) is 12.8 Å². The second kappa shape index (κ2) is 6.37. The highest BCUT2D eigenvalue weighted by Crippen LogP contribution is 2.31. The lowest BCUT2D eigenvalue weighted by Gasteiger charge is -2.14. The second-order valence-electron chi connectivity index (χ2n) is 5.49. The molecule has 1 atom stereocenters. The van der Waals surface area contributed by atoms with Crippen LogP contribution in [0.25, 0.3) is 0 Å². The van der Waals surface area contributed by atoms with Crippen molar-refractivity contribution in [1.29, 1.82) is 0 Å². The van der Waals surface area contributed by atoms with Crippen molar-refractivity contribution >= 4 is 38.8 Å². The van der Waals surface area contributed by atoms with E-state index in [-0.39, 0.29) is 16.0 Å². The Labute approximate surface area is 144 Å².